The van der Waals surface area contributed by atoms with Crippen molar-refractivity contribution in [2.75, 3.05) is 6.61 Å². The van der Waals surface area contributed by atoms with E-state index in [-0.39, 0.29) is 30.0 Å². The van der Waals surface area contributed by atoms with E-state index in [1.165, 1.54) is 0 Å². The Bertz CT molecular complexity index is 374. The van der Waals surface area contributed by atoms with Gasteiger partial charge in [-0.15, -0.1) is 0 Å². The quantitative estimate of drug-likeness (QED) is 0.581. The number of hydrogen-bond donors (Lipinski definition) is 3. The van der Waals surface area contributed by atoms with Crippen LogP contribution in [0.2, 0.25) is 0 Å². The molecule has 1 saturated carbocycles. The Morgan fingerprint density at radius 1 is 1.44 bits per heavy atom. The van der Waals surface area contributed by atoms with Gasteiger partial charge in [-0.1, -0.05) is 0 Å². The lowest BCUT2D eigenvalue weighted by molar-refractivity contribution is -0.141. The van der Waals surface area contributed by atoms with Crippen molar-refractivity contribution in [3.63, 3.8) is 0 Å². The van der Waals surface area contributed by atoms with E-state index in [2.05, 4.69) is 10.6 Å². The summed E-state index contributed by atoms with van der Waals surface area (Å²) in [6.45, 7) is 0.750. The number of amides is 2. The van der Waals surface area contributed by atoms with Gasteiger partial charge >= 0.3 is 0 Å². The Morgan fingerprint density at radius 2 is 2.28 bits per heavy atom. The van der Waals surface area contributed by atoms with Gasteiger partial charge in [0.25, 0.3) is 0 Å². The molecule has 0 bridgehead atoms. The molecule has 3 fully saturated rings. The summed E-state index contributed by atoms with van der Waals surface area (Å²) in [4.78, 5) is 23.1. The molecular formula is C12H19N3O3. The fourth-order valence-electron chi connectivity index (χ4n) is 3.20. The minimum atomic E-state index is -0.396. The summed E-state index contributed by atoms with van der Waals surface area (Å²) in [6, 6.07) is -0.510. The number of fused-ring (bicyclic) bond motifs is 1. The third-order valence-corrected chi connectivity index (χ3v) is 4.30. The molecule has 4 N–H and O–H groups in total. The Labute approximate surface area is 106 Å². The van der Waals surface area contributed by atoms with Crippen molar-refractivity contribution in [2.45, 2.75) is 49.9 Å². The molecule has 1 aliphatic carbocycles. The van der Waals surface area contributed by atoms with Gasteiger partial charge in [0.2, 0.25) is 11.8 Å². The van der Waals surface area contributed by atoms with Crippen LogP contribution in [-0.4, -0.2) is 42.7 Å². The van der Waals surface area contributed by atoms with E-state index >= 15 is 0 Å². The first-order valence-corrected chi connectivity index (χ1v) is 6.64. The molecule has 3 rings (SSSR count). The van der Waals surface area contributed by atoms with Gasteiger partial charge < -0.3 is 21.1 Å². The van der Waals surface area contributed by atoms with Crippen LogP contribution < -0.4 is 16.4 Å². The van der Waals surface area contributed by atoms with Gasteiger partial charge in [0.15, 0.2) is 0 Å². The molecule has 2 heterocycles. The predicted molar refractivity (Wildman–Crippen MR) is 63.5 cm³/mol. The molecule has 2 saturated heterocycles. The summed E-state index contributed by atoms with van der Waals surface area (Å²) >= 11 is 0. The summed E-state index contributed by atoms with van der Waals surface area (Å²) in [7, 11) is 0. The molecule has 4 unspecified atom stereocenters. The summed E-state index contributed by atoms with van der Waals surface area (Å²) in [5.74, 6) is 0.191. The maximum atomic E-state index is 12.0. The largest absolute Gasteiger partial charge is 0.376 e. The van der Waals surface area contributed by atoms with Crippen LogP contribution in [0.4, 0.5) is 0 Å². The van der Waals surface area contributed by atoms with Gasteiger partial charge in [-0.25, -0.2) is 0 Å². The van der Waals surface area contributed by atoms with Crippen molar-refractivity contribution < 1.29 is 14.3 Å². The second-order valence-corrected chi connectivity index (χ2v) is 5.41. The zero-order chi connectivity index (χ0) is 12.7. The molecule has 0 radical (unpaired) electrons. The highest BCUT2D eigenvalue weighted by molar-refractivity contribution is 5.91. The van der Waals surface area contributed by atoms with Gasteiger partial charge in [-0.05, 0) is 19.3 Å². The van der Waals surface area contributed by atoms with Crippen LogP contribution in [0, 0.1) is 5.92 Å². The highest BCUT2D eigenvalue weighted by Crippen LogP contribution is 2.37. The molecule has 0 aromatic heterocycles. The lowest BCUT2D eigenvalue weighted by Gasteiger charge is -2.52. The van der Waals surface area contributed by atoms with Gasteiger partial charge in [0.1, 0.15) is 6.04 Å². The van der Waals surface area contributed by atoms with Crippen LogP contribution in [0.25, 0.3) is 0 Å². The van der Waals surface area contributed by atoms with E-state index in [4.69, 9.17) is 10.5 Å². The van der Waals surface area contributed by atoms with E-state index in [9.17, 15) is 9.59 Å². The highest BCUT2D eigenvalue weighted by atomic mass is 16.5. The molecule has 18 heavy (non-hydrogen) atoms. The maximum Gasteiger partial charge on any atom is 0.242 e. The van der Waals surface area contributed by atoms with Crippen LogP contribution in [-0.2, 0) is 14.3 Å². The van der Waals surface area contributed by atoms with Gasteiger partial charge in [-0.3, -0.25) is 9.59 Å². The second kappa shape index (κ2) is 4.51. The third-order valence-electron chi connectivity index (χ3n) is 4.30. The minimum absolute atomic E-state index is 0.0173. The zero-order valence-electron chi connectivity index (χ0n) is 10.2. The number of carbonyl (C=O) groups excluding carboxylic acids is 2. The molecule has 6 heteroatoms. The standard InChI is InChI=1S/C12H19N3O3/c13-9-6-2-1-5-18-11(6)10(9)15-12(17)7-3-4-8(16)14-7/h6-7,9-11H,1-5,13H2,(H,14,16)(H,15,17)/t6?,7-,9?,10?,11?/m1/s1. The maximum absolute atomic E-state index is 12.0. The Hall–Kier alpha value is -1.14. The first kappa shape index (κ1) is 11.9. The predicted octanol–water partition coefficient (Wildman–Crippen LogP) is -1.11. The minimum Gasteiger partial charge on any atom is -0.376 e. The molecule has 6 nitrogen and oxygen atoms in total. The van der Waals surface area contributed by atoms with Crippen molar-refractivity contribution in [2.24, 2.45) is 11.7 Å². The van der Waals surface area contributed by atoms with Crippen molar-refractivity contribution in [3.05, 3.63) is 0 Å². The number of hydrogen-bond acceptors (Lipinski definition) is 4. The normalized spacial score (nSPS) is 42.7. The zero-order valence-corrected chi connectivity index (χ0v) is 10.2. The number of nitrogens with two attached hydrogens (primary N) is 1. The average molecular weight is 253 g/mol. The summed E-state index contributed by atoms with van der Waals surface area (Å²) < 4.78 is 5.66. The third kappa shape index (κ3) is 1.89. The van der Waals surface area contributed by atoms with Crippen LogP contribution in [0.1, 0.15) is 25.7 Å². The molecule has 2 aliphatic heterocycles. The lowest BCUT2D eigenvalue weighted by atomic mass is 9.68. The van der Waals surface area contributed by atoms with Crippen molar-refractivity contribution in [1.82, 2.24) is 10.6 Å². The van der Waals surface area contributed by atoms with Gasteiger partial charge in [-0.2, -0.15) is 0 Å². The Morgan fingerprint density at radius 3 is 3.00 bits per heavy atom. The summed E-state index contributed by atoms with van der Waals surface area (Å²) in [5.41, 5.74) is 6.07. The monoisotopic (exact) mass is 253 g/mol. The fraction of sp³-hybridized carbons (Fsp3) is 0.833. The molecule has 0 aromatic carbocycles. The smallest absolute Gasteiger partial charge is 0.242 e. The second-order valence-electron chi connectivity index (χ2n) is 5.41. The lowest BCUT2D eigenvalue weighted by Crippen LogP contribution is -2.72. The van der Waals surface area contributed by atoms with Crippen molar-refractivity contribution in [1.29, 1.82) is 0 Å². The molecule has 2 amide bonds. The van der Waals surface area contributed by atoms with Crippen LogP contribution in [0.3, 0.4) is 0 Å². The van der Waals surface area contributed by atoms with E-state index in [1.807, 2.05) is 0 Å². The summed E-state index contributed by atoms with van der Waals surface area (Å²) in [5, 5.41) is 5.59. The van der Waals surface area contributed by atoms with Crippen LogP contribution in [0.15, 0.2) is 0 Å². The van der Waals surface area contributed by atoms with Crippen molar-refractivity contribution in [3.8, 4) is 0 Å². The van der Waals surface area contributed by atoms with E-state index in [1.54, 1.807) is 0 Å². The first-order valence-electron chi connectivity index (χ1n) is 6.64. The molecule has 0 aromatic rings. The number of ether oxygens (including phenoxy) is 1. The number of nitrogens with one attached hydrogen (secondary N) is 2. The van der Waals surface area contributed by atoms with Gasteiger partial charge in [0.05, 0.1) is 12.1 Å². The topological polar surface area (TPSA) is 93.4 Å². The van der Waals surface area contributed by atoms with Crippen LogP contribution in [0.5, 0.6) is 0 Å². The molecule has 100 valence electrons. The molecule has 5 atom stereocenters. The molecule has 3 aliphatic rings. The fourth-order valence-corrected chi connectivity index (χ4v) is 3.20. The van der Waals surface area contributed by atoms with Crippen LogP contribution >= 0.6 is 0 Å². The summed E-state index contributed by atoms with van der Waals surface area (Å²) in [6.07, 6.45) is 3.20. The Kier molecular flexibility index (Phi) is 2.99. The van der Waals surface area contributed by atoms with E-state index < -0.39 is 6.04 Å². The average Bonchev–Trinajstić information content (AvgIpc) is 2.82. The number of carbonyl (C=O) groups is 2. The molecular weight excluding hydrogens is 234 g/mol. The van der Waals surface area contributed by atoms with Crippen molar-refractivity contribution >= 4 is 11.8 Å². The first-order chi connectivity index (χ1) is 8.66. The number of rotatable bonds is 2. The van der Waals surface area contributed by atoms with E-state index in [0.29, 0.717) is 18.8 Å². The molecule has 0 spiro atoms. The highest BCUT2D eigenvalue weighted by Gasteiger charge is 2.51. The Balaban J connectivity index is 1.56. The van der Waals surface area contributed by atoms with E-state index in [0.717, 1.165) is 19.4 Å². The van der Waals surface area contributed by atoms with Gasteiger partial charge in [0, 0.05) is 25.0 Å². The SMILES string of the molecule is NC1C2CCCOC2C1NC(=O)[C@H]1CCC(=O)N1.